The average Bonchev–Trinajstić information content (AvgIpc) is 3.27. The SMILES string of the molecule is COc1cc2ccccc2cc1C(=O)N/N=C\c1ccc(-c2cccc([N+](=O)[O-])c2)o1. The van der Waals surface area contributed by atoms with Gasteiger partial charge < -0.3 is 9.15 Å². The summed E-state index contributed by atoms with van der Waals surface area (Å²) in [4.78, 5) is 23.1. The quantitative estimate of drug-likeness (QED) is 0.277. The first-order valence-corrected chi connectivity index (χ1v) is 9.30. The Bertz CT molecular complexity index is 1310. The van der Waals surface area contributed by atoms with Crippen LogP contribution in [-0.2, 0) is 0 Å². The van der Waals surface area contributed by atoms with E-state index in [-0.39, 0.29) is 5.69 Å². The zero-order valence-electron chi connectivity index (χ0n) is 16.4. The summed E-state index contributed by atoms with van der Waals surface area (Å²) in [6.45, 7) is 0. The van der Waals surface area contributed by atoms with Crippen LogP contribution in [0.2, 0.25) is 0 Å². The van der Waals surface area contributed by atoms with E-state index in [2.05, 4.69) is 10.5 Å². The second-order valence-electron chi connectivity index (χ2n) is 6.61. The Kier molecular flexibility index (Phi) is 5.44. The van der Waals surface area contributed by atoms with Crippen molar-refractivity contribution >= 4 is 28.6 Å². The summed E-state index contributed by atoms with van der Waals surface area (Å²) < 4.78 is 11.0. The Hall–Kier alpha value is -4.46. The molecule has 8 nitrogen and oxygen atoms in total. The number of fused-ring (bicyclic) bond motifs is 1. The number of carbonyl (C=O) groups excluding carboxylic acids is 1. The number of furan rings is 1. The fourth-order valence-electron chi connectivity index (χ4n) is 3.13. The van der Waals surface area contributed by atoms with Gasteiger partial charge in [0.2, 0.25) is 0 Å². The third kappa shape index (κ3) is 4.27. The zero-order valence-corrected chi connectivity index (χ0v) is 16.4. The van der Waals surface area contributed by atoms with Crippen LogP contribution in [0.3, 0.4) is 0 Å². The van der Waals surface area contributed by atoms with E-state index in [0.717, 1.165) is 10.8 Å². The number of ether oxygens (including phenoxy) is 1. The zero-order chi connectivity index (χ0) is 21.8. The van der Waals surface area contributed by atoms with Crippen LogP contribution in [-0.4, -0.2) is 24.2 Å². The van der Waals surface area contributed by atoms with Crippen molar-refractivity contribution in [1.82, 2.24) is 5.43 Å². The lowest BCUT2D eigenvalue weighted by Crippen LogP contribution is -2.18. The number of non-ortho nitro benzene ring substituents is 1. The molecule has 0 aliphatic carbocycles. The minimum absolute atomic E-state index is 0.0271. The molecule has 4 aromatic rings. The van der Waals surface area contributed by atoms with E-state index in [1.165, 1.54) is 25.5 Å². The molecule has 3 aromatic carbocycles. The standard InChI is InChI=1S/C23H17N3O5/c1-30-22-13-16-6-3-2-5-15(16)12-20(22)23(27)25-24-14-19-9-10-21(31-19)17-7-4-8-18(11-17)26(28)29/h2-14H,1H3,(H,25,27)/b24-14-. The Morgan fingerprint density at radius 2 is 1.84 bits per heavy atom. The van der Waals surface area contributed by atoms with Gasteiger partial charge in [0.1, 0.15) is 17.3 Å². The van der Waals surface area contributed by atoms with Crippen LogP contribution < -0.4 is 10.2 Å². The molecular formula is C23H17N3O5. The molecular weight excluding hydrogens is 398 g/mol. The van der Waals surface area contributed by atoms with E-state index >= 15 is 0 Å². The molecule has 0 saturated carbocycles. The molecule has 0 radical (unpaired) electrons. The van der Waals surface area contributed by atoms with E-state index in [1.807, 2.05) is 24.3 Å². The topological polar surface area (TPSA) is 107 Å². The molecule has 4 rings (SSSR count). The summed E-state index contributed by atoms with van der Waals surface area (Å²) in [5.41, 5.74) is 3.36. The number of methoxy groups -OCH3 is 1. The van der Waals surface area contributed by atoms with Gasteiger partial charge >= 0.3 is 0 Å². The predicted molar refractivity (Wildman–Crippen MR) is 116 cm³/mol. The van der Waals surface area contributed by atoms with Crippen LogP contribution in [0.15, 0.2) is 82.3 Å². The van der Waals surface area contributed by atoms with Gasteiger partial charge in [0.05, 0.1) is 23.8 Å². The molecule has 154 valence electrons. The van der Waals surface area contributed by atoms with Gasteiger partial charge in [-0.1, -0.05) is 36.4 Å². The Balaban J connectivity index is 1.49. The summed E-state index contributed by atoms with van der Waals surface area (Å²) >= 11 is 0. The number of hydrogen-bond donors (Lipinski definition) is 1. The molecule has 1 N–H and O–H groups in total. The number of nitrogens with one attached hydrogen (secondary N) is 1. The monoisotopic (exact) mass is 415 g/mol. The van der Waals surface area contributed by atoms with Gasteiger partial charge in [-0.25, -0.2) is 5.43 Å². The Morgan fingerprint density at radius 1 is 1.06 bits per heavy atom. The second kappa shape index (κ2) is 8.50. The van der Waals surface area contributed by atoms with Crippen molar-refractivity contribution in [2.24, 2.45) is 5.10 Å². The number of nitro benzene ring substituents is 1. The van der Waals surface area contributed by atoms with E-state index in [9.17, 15) is 14.9 Å². The van der Waals surface area contributed by atoms with E-state index in [0.29, 0.717) is 28.4 Å². The minimum Gasteiger partial charge on any atom is -0.496 e. The van der Waals surface area contributed by atoms with E-state index < -0.39 is 10.8 Å². The van der Waals surface area contributed by atoms with Crippen molar-refractivity contribution in [1.29, 1.82) is 0 Å². The van der Waals surface area contributed by atoms with E-state index in [1.54, 1.807) is 36.4 Å². The molecule has 0 bridgehead atoms. The van der Waals surface area contributed by atoms with Crippen molar-refractivity contribution < 1.29 is 18.9 Å². The average molecular weight is 415 g/mol. The molecule has 8 heteroatoms. The van der Waals surface area contributed by atoms with Crippen LogP contribution in [0.1, 0.15) is 16.1 Å². The third-order valence-electron chi connectivity index (χ3n) is 4.64. The second-order valence-corrected chi connectivity index (χ2v) is 6.61. The van der Waals surface area contributed by atoms with Gasteiger partial charge in [0.25, 0.3) is 11.6 Å². The summed E-state index contributed by atoms with van der Waals surface area (Å²) in [5, 5.41) is 16.7. The molecule has 1 heterocycles. The lowest BCUT2D eigenvalue weighted by molar-refractivity contribution is -0.384. The number of rotatable bonds is 6. The highest BCUT2D eigenvalue weighted by Gasteiger charge is 2.13. The van der Waals surface area contributed by atoms with Crippen molar-refractivity contribution in [3.8, 4) is 17.1 Å². The van der Waals surface area contributed by atoms with Crippen molar-refractivity contribution in [2.75, 3.05) is 7.11 Å². The van der Waals surface area contributed by atoms with Gasteiger partial charge in [-0.2, -0.15) is 5.10 Å². The third-order valence-corrected chi connectivity index (χ3v) is 4.64. The molecule has 0 spiro atoms. The van der Waals surface area contributed by atoms with Crippen LogP contribution >= 0.6 is 0 Å². The number of hydrogen-bond acceptors (Lipinski definition) is 6. The van der Waals surface area contributed by atoms with Gasteiger partial charge in [0, 0.05) is 17.7 Å². The summed E-state index contributed by atoms with van der Waals surface area (Å²) in [6, 6.07) is 20.6. The number of amides is 1. The molecule has 0 saturated heterocycles. The molecule has 31 heavy (non-hydrogen) atoms. The van der Waals surface area contributed by atoms with Gasteiger partial charge in [-0.05, 0) is 35.0 Å². The molecule has 1 amide bonds. The fourth-order valence-corrected chi connectivity index (χ4v) is 3.13. The van der Waals surface area contributed by atoms with Crippen LogP contribution in [0.5, 0.6) is 5.75 Å². The number of hydrazone groups is 1. The fraction of sp³-hybridized carbons (Fsp3) is 0.0435. The normalized spacial score (nSPS) is 11.0. The first-order chi connectivity index (χ1) is 15.0. The molecule has 0 atom stereocenters. The molecule has 0 fully saturated rings. The van der Waals surface area contributed by atoms with E-state index in [4.69, 9.17) is 9.15 Å². The maximum Gasteiger partial charge on any atom is 0.275 e. The minimum atomic E-state index is -0.467. The van der Waals surface area contributed by atoms with Crippen molar-refractivity contribution in [2.45, 2.75) is 0 Å². The number of nitro groups is 1. The van der Waals surface area contributed by atoms with Crippen LogP contribution in [0.25, 0.3) is 22.1 Å². The lowest BCUT2D eigenvalue weighted by Gasteiger charge is -2.09. The lowest BCUT2D eigenvalue weighted by atomic mass is 10.1. The number of carbonyl (C=O) groups is 1. The molecule has 0 aliphatic rings. The highest BCUT2D eigenvalue weighted by molar-refractivity contribution is 6.01. The molecule has 0 aliphatic heterocycles. The van der Waals surface area contributed by atoms with Crippen molar-refractivity contribution in [3.63, 3.8) is 0 Å². The highest BCUT2D eigenvalue weighted by Crippen LogP contribution is 2.27. The maximum absolute atomic E-state index is 12.6. The number of benzene rings is 3. The highest BCUT2D eigenvalue weighted by atomic mass is 16.6. The van der Waals surface area contributed by atoms with Gasteiger partial charge in [0.15, 0.2) is 0 Å². The molecule has 0 unspecified atom stereocenters. The Morgan fingerprint density at radius 3 is 2.58 bits per heavy atom. The largest absolute Gasteiger partial charge is 0.496 e. The van der Waals surface area contributed by atoms with Gasteiger partial charge in [-0.15, -0.1) is 0 Å². The van der Waals surface area contributed by atoms with Crippen molar-refractivity contribution in [3.05, 3.63) is 94.2 Å². The summed E-state index contributed by atoms with van der Waals surface area (Å²) in [7, 11) is 1.50. The maximum atomic E-state index is 12.6. The van der Waals surface area contributed by atoms with Gasteiger partial charge in [-0.3, -0.25) is 14.9 Å². The summed E-state index contributed by atoms with van der Waals surface area (Å²) in [5.74, 6) is 0.849. The first kappa shape index (κ1) is 19.8. The predicted octanol–water partition coefficient (Wildman–Crippen LogP) is 4.78. The smallest absolute Gasteiger partial charge is 0.275 e. The van der Waals surface area contributed by atoms with Crippen LogP contribution in [0, 0.1) is 10.1 Å². The summed E-state index contributed by atoms with van der Waals surface area (Å²) in [6.07, 6.45) is 1.35. The first-order valence-electron chi connectivity index (χ1n) is 9.30. The Labute approximate surface area is 176 Å². The number of nitrogens with zero attached hydrogens (tertiary/aromatic N) is 2. The van der Waals surface area contributed by atoms with Crippen LogP contribution in [0.4, 0.5) is 5.69 Å². The molecule has 1 aromatic heterocycles.